The number of carbonyl (C=O) groups is 1. The van der Waals surface area contributed by atoms with Gasteiger partial charge in [-0.2, -0.15) is 0 Å². The van der Waals surface area contributed by atoms with Gasteiger partial charge in [-0.3, -0.25) is 9.78 Å². The number of hydrogen-bond donors (Lipinski definition) is 1. The first-order valence-corrected chi connectivity index (χ1v) is 8.28. The predicted molar refractivity (Wildman–Crippen MR) is 92.7 cm³/mol. The Morgan fingerprint density at radius 1 is 1.21 bits per heavy atom. The van der Waals surface area contributed by atoms with Crippen LogP contribution in [0.1, 0.15) is 12.5 Å². The zero-order valence-electron chi connectivity index (χ0n) is 13.3. The van der Waals surface area contributed by atoms with Gasteiger partial charge in [0, 0.05) is 23.6 Å². The minimum absolute atomic E-state index is 0.116. The van der Waals surface area contributed by atoms with Gasteiger partial charge in [0.05, 0.1) is 5.25 Å². The molecule has 3 aromatic rings. The maximum atomic E-state index is 12.3. The van der Waals surface area contributed by atoms with E-state index in [1.165, 1.54) is 11.8 Å². The van der Waals surface area contributed by atoms with Crippen molar-refractivity contribution in [3.63, 3.8) is 0 Å². The van der Waals surface area contributed by atoms with Crippen molar-refractivity contribution >= 4 is 23.4 Å². The zero-order chi connectivity index (χ0) is 16.9. The number of nitrogens with zero attached hydrogens (tertiary/aromatic N) is 3. The highest BCUT2D eigenvalue weighted by atomic mass is 32.2. The monoisotopic (exact) mass is 340 g/mol. The Hall–Kier alpha value is -2.67. The van der Waals surface area contributed by atoms with Crippen LogP contribution in [0.2, 0.25) is 0 Å². The molecule has 1 aromatic carbocycles. The highest BCUT2D eigenvalue weighted by Crippen LogP contribution is 2.26. The molecule has 0 fully saturated rings. The number of thioether (sulfide) groups is 1. The lowest BCUT2D eigenvalue weighted by Gasteiger charge is -2.10. The van der Waals surface area contributed by atoms with Gasteiger partial charge in [0.2, 0.25) is 11.8 Å². The normalized spacial score (nSPS) is 11.9. The highest BCUT2D eigenvalue weighted by Gasteiger charge is 2.19. The van der Waals surface area contributed by atoms with Gasteiger partial charge in [-0.25, -0.2) is 0 Å². The fourth-order valence-electron chi connectivity index (χ4n) is 2.04. The van der Waals surface area contributed by atoms with E-state index in [1.54, 1.807) is 31.5 Å². The number of pyridine rings is 1. The van der Waals surface area contributed by atoms with E-state index in [9.17, 15) is 4.79 Å². The number of carbonyl (C=O) groups excluding carboxylic acids is 1. The van der Waals surface area contributed by atoms with Gasteiger partial charge in [0.15, 0.2) is 0 Å². The molecule has 0 unspecified atom stereocenters. The second-order valence-electron chi connectivity index (χ2n) is 5.23. The lowest BCUT2D eigenvalue weighted by Crippen LogP contribution is -2.22. The van der Waals surface area contributed by atoms with Crippen molar-refractivity contribution in [3.05, 3.63) is 54.4 Å². The second-order valence-corrected chi connectivity index (χ2v) is 6.52. The number of amides is 1. The molecule has 1 atom stereocenters. The summed E-state index contributed by atoms with van der Waals surface area (Å²) in [6.07, 6.45) is 3.31. The van der Waals surface area contributed by atoms with E-state index in [2.05, 4.69) is 20.5 Å². The van der Waals surface area contributed by atoms with Gasteiger partial charge in [-0.15, -0.1) is 10.2 Å². The van der Waals surface area contributed by atoms with Crippen LogP contribution in [-0.4, -0.2) is 26.3 Å². The number of anilines is 1. The van der Waals surface area contributed by atoms with E-state index in [0.717, 1.165) is 16.8 Å². The van der Waals surface area contributed by atoms with E-state index in [1.807, 2.05) is 31.2 Å². The fourth-order valence-corrected chi connectivity index (χ4v) is 2.72. The van der Waals surface area contributed by atoms with E-state index in [-0.39, 0.29) is 11.2 Å². The molecule has 0 aliphatic carbocycles. The second kappa shape index (κ2) is 7.27. The van der Waals surface area contributed by atoms with Gasteiger partial charge in [0.25, 0.3) is 5.22 Å². The molecule has 122 valence electrons. The summed E-state index contributed by atoms with van der Waals surface area (Å²) in [5.74, 6) is 0.292. The van der Waals surface area contributed by atoms with Gasteiger partial charge in [-0.05, 0) is 43.7 Å². The van der Waals surface area contributed by atoms with Crippen molar-refractivity contribution in [1.29, 1.82) is 0 Å². The smallest absolute Gasteiger partial charge is 0.277 e. The molecule has 0 saturated heterocycles. The first-order valence-electron chi connectivity index (χ1n) is 7.40. The van der Waals surface area contributed by atoms with Gasteiger partial charge in [-0.1, -0.05) is 23.9 Å². The molecule has 0 aliphatic heterocycles. The fraction of sp³-hybridized carbons (Fsp3) is 0.176. The molecule has 1 amide bonds. The lowest BCUT2D eigenvalue weighted by molar-refractivity contribution is -0.115. The summed E-state index contributed by atoms with van der Waals surface area (Å²) in [7, 11) is 0. The van der Waals surface area contributed by atoms with Gasteiger partial charge >= 0.3 is 0 Å². The minimum Gasteiger partial charge on any atom is -0.411 e. The molecule has 7 heteroatoms. The van der Waals surface area contributed by atoms with Crippen molar-refractivity contribution in [1.82, 2.24) is 15.2 Å². The van der Waals surface area contributed by atoms with Crippen LogP contribution in [0.15, 0.2) is 58.4 Å². The molecular formula is C17H16N4O2S. The topological polar surface area (TPSA) is 80.9 Å². The lowest BCUT2D eigenvalue weighted by atomic mass is 10.2. The van der Waals surface area contributed by atoms with Crippen molar-refractivity contribution in [2.24, 2.45) is 0 Å². The largest absolute Gasteiger partial charge is 0.411 e. The SMILES string of the molecule is Cc1cccc(NC(=O)[C@@H](C)Sc2nnc(-c3ccncc3)o2)c1. The highest BCUT2D eigenvalue weighted by molar-refractivity contribution is 8.00. The van der Waals surface area contributed by atoms with Crippen LogP contribution in [0.3, 0.4) is 0 Å². The molecule has 0 saturated carbocycles. The summed E-state index contributed by atoms with van der Waals surface area (Å²) in [6, 6.07) is 11.2. The van der Waals surface area contributed by atoms with Crippen LogP contribution < -0.4 is 5.32 Å². The Morgan fingerprint density at radius 2 is 2.00 bits per heavy atom. The van der Waals surface area contributed by atoms with Crippen molar-refractivity contribution in [3.8, 4) is 11.5 Å². The summed E-state index contributed by atoms with van der Waals surface area (Å²) in [6.45, 7) is 3.78. The summed E-state index contributed by atoms with van der Waals surface area (Å²) < 4.78 is 5.59. The molecule has 1 N–H and O–H groups in total. The van der Waals surface area contributed by atoms with Crippen molar-refractivity contribution < 1.29 is 9.21 Å². The Bertz CT molecular complexity index is 835. The van der Waals surface area contributed by atoms with Crippen molar-refractivity contribution in [2.45, 2.75) is 24.3 Å². The summed E-state index contributed by atoms with van der Waals surface area (Å²) >= 11 is 1.22. The molecule has 24 heavy (non-hydrogen) atoms. The molecule has 0 radical (unpaired) electrons. The van der Waals surface area contributed by atoms with Crippen LogP contribution in [0.25, 0.3) is 11.5 Å². The average molecular weight is 340 g/mol. The number of hydrogen-bond acceptors (Lipinski definition) is 6. The van der Waals surface area contributed by atoms with E-state index in [0.29, 0.717) is 11.1 Å². The Morgan fingerprint density at radius 3 is 2.75 bits per heavy atom. The Kier molecular flexibility index (Phi) is 4.90. The standard InChI is InChI=1S/C17H16N4O2S/c1-11-4-3-5-14(10-11)19-15(22)12(2)24-17-21-20-16(23-17)13-6-8-18-9-7-13/h3-10,12H,1-2H3,(H,19,22)/t12-/m1/s1. The Balaban J connectivity index is 1.63. The van der Waals surface area contributed by atoms with Crippen LogP contribution in [0.5, 0.6) is 0 Å². The van der Waals surface area contributed by atoms with Gasteiger partial charge in [0.1, 0.15) is 0 Å². The molecular weight excluding hydrogens is 324 g/mol. The number of aromatic nitrogens is 3. The molecule has 6 nitrogen and oxygen atoms in total. The van der Waals surface area contributed by atoms with Crippen LogP contribution in [0.4, 0.5) is 5.69 Å². The zero-order valence-corrected chi connectivity index (χ0v) is 14.1. The maximum absolute atomic E-state index is 12.3. The Labute approximate surface area is 143 Å². The average Bonchev–Trinajstić information content (AvgIpc) is 3.04. The molecule has 0 aliphatic rings. The van der Waals surface area contributed by atoms with E-state index >= 15 is 0 Å². The number of benzene rings is 1. The summed E-state index contributed by atoms with van der Waals surface area (Å²) in [5.41, 5.74) is 2.66. The van der Waals surface area contributed by atoms with Crippen molar-refractivity contribution in [2.75, 3.05) is 5.32 Å². The maximum Gasteiger partial charge on any atom is 0.277 e. The number of aryl methyl sites for hydroxylation is 1. The third-order valence-corrected chi connectivity index (χ3v) is 4.20. The molecule has 0 spiro atoms. The minimum atomic E-state index is -0.365. The number of rotatable bonds is 5. The first kappa shape index (κ1) is 16.2. The molecule has 2 heterocycles. The number of nitrogens with one attached hydrogen (secondary N) is 1. The van der Waals surface area contributed by atoms with Crippen LogP contribution in [0, 0.1) is 6.92 Å². The third kappa shape index (κ3) is 3.99. The summed E-state index contributed by atoms with van der Waals surface area (Å²) in [4.78, 5) is 16.2. The van der Waals surface area contributed by atoms with Crippen LogP contribution >= 0.6 is 11.8 Å². The van der Waals surface area contributed by atoms with Crippen LogP contribution in [-0.2, 0) is 4.79 Å². The van der Waals surface area contributed by atoms with E-state index < -0.39 is 0 Å². The molecule has 0 bridgehead atoms. The summed E-state index contributed by atoms with van der Waals surface area (Å²) in [5, 5.41) is 10.9. The first-order chi connectivity index (χ1) is 11.6. The predicted octanol–water partition coefficient (Wildman–Crippen LogP) is 3.56. The third-order valence-electron chi connectivity index (χ3n) is 3.27. The van der Waals surface area contributed by atoms with Gasteiger partial charge < -0.3 is 9.73 Å². The molecule has 3 rings (SSSR count). The van der Waals surface area contributed by atoms with E-state index in [4.69, 9.17) is 4.42 Å². The molecule has 2 aromatic heterocycles. The quantitative estimate of drug-likeness (QED) is 0.715.